The summed E-state index contributed by atoms with van der Waals surface area (Å²) in [6.07, 6.45) is 9.51. The van der Waals surface area contributed by atoms with Gasteiger partial charge in [-0.2, -0.15) is 0 Å². The molecule has 0 saturated carbocycles. The smallest absolute Gasteiger partial charge is 0.231 e. The SMILES string of the molecule is CCCCCCCC[S+]([O-])CCCc1ccc2c(c1)OCO2. The van der Waals surface area contributed by atoms with Crippen molar-refractivity contribution in [2.45, 2.75) is 58.3 Å². The molecule has 0 radical (unpaired) electrons. The van der Waals surface area contributed by atoms with E-state index in [-0.39, 0.29) is 0 Å². The fourth-order valence-electron chi connectivity index (χ4n) is 2.68. The van der Waals surface area contributed by atoms with Crippen molar-refractivity contribution >= 4 is 11.2 Å². The third-order valence-corrected chi connectivity index (χ3v) is 5.49. The van der Waals surface area contributed by atoms with Crippen LogP contribution in [0.25, 0.3) is 0 Å². The van der Waals surface area contributed by atoms with Crippen molar-refractivity contribution in [3.05, 3.63) is 23.8 Å². The summed E-state index contributed by atoms with van der Waals surface area (Å²) in [5, 5.41) is 0. The van der Waals surface area contributed by atoms with Gasteiger partial charge < -0.3 is 14.0 Å². The van der Waals surface area contributed by atoms with Gasteiger partial charge in [0.15, 0.2) is 11.5 Å². The summed E-state index contributed by atoms with van der Waals surface area (Å²) in [6, 6.07) is 6.08. The highest BCUT2D eigenvalue weighted by atomic mass is 32.2. The van der Waals surface area contributed by atoms with Gasteiger partial charge in [-0.05, 0) is 43.4 Å². The van der Waals surface area contributed by atoms with Gasteiger partial charge >= 0.3 is 0 Å². The highest BCUT2D eigenvalue weighted by Gasteiger charge is 2.13. The average Bonchev–Trinajstić information content (AvgIpc) is 2.98. The highest BCUT2D eigenvalue weighted by molar-refractivity contribution is 7.91. The molecule has 0 spiro atoms. The Kier molecular flexibility index (Phi) is 7.95. The lowest BCUT2D eigenvalue weighted by atomic mass is 10.1. The van der Waals surface area contributed by atoms with Crippen LogP contribution in [0, 0.1) is 0 Å². The summed E-state index contributed by atoms with van der Waals surface area (Å²) in [4.78, 5) is 0. The summed E-state index contributed by atoms with van der Waals surface area (Å²) in [5.41, 5.74) is 1.24. The standard InChI is InChI=1S/C18H28O3S/c1-2-3-4-5-6-7-12-22(19)13-8-9-16-10-11-17-18(14-16)21-15-20-17/h10-11,14H,2-9,12-13,15H2,1H3. The molecule has 0 fully saturated rings. The van der Waals surface area contributed by atoms with Gasteiger partial charge in [-0.25, -0.2) is 0 Å². The van der Waals surface area contributed by atoms with Crippen LogP contribution in [0.5, 0.6) is 11.5 Å². The molecule has 0 N–H and O–H groups in total. The second-order valence-corrected chi connectivity index (χ2v) is 7.60. The van der Waals surface area contributed by atoms with Crippen molar-refractivity contribution in [3.63, 3.8) is 0 Å². The van der Waals surface area contributed by atoms with E-state index in [1.54, 1.807) is 0 Å². The lowest BCUT2D eigenvalue weighted by molar-refractivity contribution is 0.174. The van der Waals surface area contributed by atoms with Crippen molar-refractivity contribution in [3.8, 4) is 11.5 Å². The molecule has 4 heteroatoms. The number of hydrogen-bond donors (Lipinski definition) is 0. The zero-order valence-corrected chi connectivity index (χ0v) is 14.5. The van der Waals surface area contributed by atoms with Crippen molar-refractivity contribution in [1.29, 1.82) is 0 Å². The summed E-state index contributed by atoms with van der Waals surface area (Å²) in [7, 11) is 0. The van der Waals surface area contributed by atoms with E-state index >= 15 is 0 Å². The second kappa shape index (κ2) is 10.0. The van der Waals surface area contributed by atoms with Crippen LogP contribution in [0.15, 0.2) is 18.2 Å². The normalized spacial score (nSPS) is 14.3. The quantitative estimate of drug-likeness (QED) is 0.446. The molecule has 0 aromatic heterocycles. The Morgan fingerprint density at radius 1 is 0.955 bits per heavy atom. The molecule has 124 valence electrons. The summed E-state index contributed by atoms with van der Waals surface area (Å²) in [5.74, 6) is 3.34. The van der Waals surface area contributed by atoms with Gasteiger partial charge in [0, 0.05) is 0 Å². The minimum absolute atomic E-state index is 0.320. The average molecular weight is 324 g/mol. The maximum absolute atomic E-state index is 12.0. The molecule has 1 aliphatic heterocycles. The molecule has 1 heterocycles. The number of unbranched alkanes of at least 4 members (excludes halogenated alkanes) is 5. The van der Waals surface area contributed by atoms with E-state index in [1.165, 1.54) is 37.7 Å². The largest absolute Gasteiger partial charge is 0.616 e. The van der Waals surface area contributed by atoms with Gasteiger partial charge in [0.2, 0.25) is 6.79 Å². The zero-order chi connectivity index (χ0) is 15.6. The van der Waals surface area contributed by atoms with Gasteiger partial charge in [0.05, 0.1) is 0 Å². The monoisotopic (exact) mass is 324 g/mol. The van der Waals surface area contributed by atoms with Gasteiger partial charge in [-0.1, -0.05) is 49.8 Å². The molecule has 1 aromatic carbocycles. The Labute approximate surface area is 137 Å². The van der Waals surface area contributed by atoms with Crippen molar-refractivity contribution in [2.75, 3.05) is 18.3 Å². The first-order chi connectivity index (χ1) is 10.8. The van der Waals surface area contributed by atoms with E-state index in [1.807, 2.05) is 12.1 Å². The number of hydrogen-bond acceptors (Lipinski definition) is 3. The number of aryl methyl sites for hydroxylation is 1. The minimum atomic E-state index is -0.656. The van der Waals surface area contributed by atoms with Crippen LogP contribution in [0.4, 0.5) is 0 Å². The van der Waals surface area contributed by atoms with Crippen molar-refractivity contribution < 1.29 is 14.0 Å². The first-order valence-electron chi connectivity index (χ1n) is 8.53. The number of ether oxygens (including phenoxy) is 2. The van der Waals surface area contributed by atoms with Gasteiger partial charge in [0.25, 0.3) is 0 Å². The van der Waals surface area contributed by atoms with Crippen LogP contribution < -0.4 is 9.47 Å². The number of rotatable bonds is 11. The number of fused-ring (bicyclic) bond motifs is 1. The molecular weight excluding hydrogens is 296 g/mol. The predicted octanol–water partition coefficient (Wildman–Crippen LogP) is 4.46. The van der Waals surface area contributed by atoms with Crippen molar-refractivity contribution in [2.24, 2.45) is 0 Å². The molecule has 1 atom stereocenters. The van der Waals surface area contributed by atoms with E-state index < -0.39 is 11.2 Å². The van der Waals surface area contributed by atoms with Crippen LogP contribution in [0.2, 0.25) is 0 Å². The Morgan fingerprint density at radius 3 is 2.55 bits per heavy atom. The molecule has 2 rings (SSSR count). The zero-order valence-electron chi connectivity index (χ0n) is 13.6. The Balaban J connectivity index is 1.54. The molecular formula is C18H28O3S. The summed E-state index contributed by atoms with van der Waals surface area (Å²) >= 11 is -0.656. The fraction of sp³-hybridized carbons (Fsp3) is 0.667. The fourth-order valence-corrected chi connectivity index (χ4v) is 3.88. The molecule has 0 amide bonds. The van der Waals surface area contributed by atoms with E-state index in [0.717, 1.165) is 42.3 Å². The third-order valence-electron chi connectivity index (χ3n) is 4.00. The first-order valence-corrected chi connectivity index (χ1v) is 10.0. The van der Waals surface area contributed by atoms with E-state index in [0.29, 0.717) is 6.79 Å². The van der Waals surface area contributed by atoms with Crippen LogP contribution >= 0.6 is 0 Å². The maximum atomic E-state index is 12.0. The highest BCUT2D eigenvalue weighted by Crippen LogP contribution is 2.32. The topological polar surface area (TPSA) is 41.5 Å². The molecule has 0 aliphatic carbocycles. The van der Waals surface area contributed by atoms with Crippen molar-refractivity contribution in [1.82, 2.24) is 0 Å². The lowest BCUT2D eigenvalue weighted by Gasteiger charge is -2.11. The number of benzene rings is 1. The van der Waals surface area contributed by atoms with Crippen LogP contribution in [-0.2, 0) is 17.6 Å². The van der Waals surface area contributed by atoms with Crippen LogP contribution in [-0.4, -0.2) is 22.9 Å². The van der Waals surface area contributed by atoms with E-state index in [2.05, 4.69) is 13.0 Å². The maximum Gasteiger partial charge on any atom is 0.231 e. The summed E-state index contributed by atoms with van der Waals surface area (Å²) in [6.45, 7) is 2.55. The molecule has 3 nitrogen and oxygen atoms in total. The Morgan fingerprint density at radius 2 is 1.68 bits per heavy atom. The molecule has 0 saturated heterocycles. The molecule has 22 heavy (non-hydrogen) atoms. The summed E-state index contributed by atoms with van der Waals surface area (Å²) < 4.78 is 22.7. The minimum Gasteiger partial charge on any atom is -0.616 e. The van der Waals surface area contributed by atoms with Crippen LogP contribution in [0.1, 0.15) is 57.4 Å². The Bertz CT molecular complexity index is 436. The lowest BCUT2D eigenvalue weighted by Crippen LogP contribution is -2.12. The molecule has 1 unspecified atom stereocenters. The van der Waals surface area contributed by atoms with Gasteiger partial charge in [-0.15, -0.1) is 0 Å². The molecule has 1 aliphatic rings. The third kappa shape index (κ3) is 6.09. The second-order valence-electron chi connectivity index (χ2n) is 5.91. The van der Waals surface area contributed by atoms with E-state index in [9.17, 15) is 4.55 Å². The molecule has 0 bridgehead atoms. The Hall–Kier alpha value is -0.870. The van der Waals surface area contributed by atoms with Gasteiger partial charge in [-0.3, -0.25) is 0 Å². The predicted molar refractivity (Wildman–Crippen MR) is 92.1 cm³/mol. The van der Waals surface area contributed by atoms with Crippen LogP contribution in [0.3, 0.4) is 0 Å². The van der Waals surface area contributed by atoms with Gasteiger partial charge in [0.1, 0.15) is 11.5 Å². The first kappa shape index (κ1) is 17.5. The molecule has 1 aromatic rings. The van der Waals surface area contributed by atoms with E-state index in [4.69, 9.17) is 9.47 Å².